The molecule has 1 saturated heterocycles. The van der Waals surface area contributed by atoms with Crippen molar-refractivity contribution in [1.29, 1.82) is 0 Å². The van der Waals surface area contributed by atoms with Crippen molar-refractivity contribution in [3.8, 4) is 0 Å². The van der Waals surface area contributed by atoms with Crippen molar-refractivity contribution in [3.63, 3.8) is 0 Å². The number of halogens is 1. The first-order valence-corrected chi connectivity index (χ1v) is 13.4. The highest BCUT2D eigenvalue weighted by Crippen LogP contribution is 2.27. The predicted octanol–water partition coefficient (Wildman–Crippen LogP) is 4.05. The Hall–Kier alpha value is -2.69. The minimum absolute atomic E-state index is 0.0433. The molecular weight excluding hydrogens is 518 g/mol. The number of aryl methyl sites for hydroxylation is 2. The van der Waals surface area contributed by atoms with Crippen LogP contribution >= 0.6 is 15.9 Å². The maximum absolute atomic E-state index is 13.5. The Labute approximate surface area is 208 Å². The molecule has 1 amide bonds. The Kier molecular flexibility index (Phi) is 7.11. The van der Waals surface area contributed by atoms with Crippen molar-refractivity contribution in [2.45, 2.75) is 32.3 Å². The van der Waals surface area contributed by atoms with Crippen LogP contribution in [0.3, 0.4) is 0 Å². The zero-order chi connectivity index (χ0) is 24.5. The summed E-state index contributed by atoms with van der Waals surface area (Å²) in [4.78, 5) is 15.2. The summed E-state index contributed by atoms with van der Waals surface area (Å²) in [6.07, 6.45) is 1.49. The van der Waals surface area contributed by atoms with Crippen LogP contribution in [0.1, 0.15) is 28.4 Å². The number of carbonyl (C=O) groups excluding carboxylic acids is 1. The Bertz CT molecular complexity index is 1300. The van der Waals surface area contributed by atoms with E-state index in [-0.39, 0.29) is 10.6 Å². The molecule has 10 heteroatoms. The molecule has 8 nitrogen and oxygen atoms in total. The van der Waals surface area contributed by atoms with Gasteiger partial charge in [0.2, 0.25) is 5.03 Å². The average Bonchev–Trinajstić information content (AvgIpc) is 3.28. The van der Waals surface area contributed by atoms with Gasteiger partial charge in [-0.15, -0.1) is 0 Å². The summed E-state index contributed by atoms with van der Waals surface area (Å²) < 4.78 is 30.9. The highest BCUT2D eigenvalue weighted by molar-refractivity contribution is 9.10. The van der Waals surface area contributed by atoms with E-state index in [1.54, 1.807) is 24.3 Å². The number of hydrogen-bond acceptors (Lipinski definition) is 5. The number of piperazine rings is 1. The van der Waals surface area contributed by atoms with Crippen LogP contribution in [0.2, 0.25) is 0 Å². The number of hydrogen-bond donors (Lipinski definition) is 1. The molecule has 1 fully saturated rings. The maximum Gasteiger partial charge on any atom is 0.263 e. The number of nitrogens with one attached hydrogen (secondary N) is 1. The van der Waals surface area contributed by atoms with E-state index in [2.05, 4.69) is 57.2 Å². The van der Waals surface area contributed by atoms with Crippen molar-refractivity contribution >= 4 is 43.2 Å². The first-order valence-electron chi connectivity index (χ1n) is 11.2. The molecule has 3 aromatic rings. The monoisotopic (exact) mass is 545 g/mol. The average molecular weight is 546 g/mol. The van der Waals surface area contributed by atoms with Crippen molar-refractivity contribution in [3.05, 3.63) is 69.8 Å². The summed E-state index contributed by atoms with van der Waals surface area (Å²) in [5.74, 6) is -0.505. The fourth-order valence-corrected chi connectivity index (χ4v) is 5.80. The largest absolute Gasteiger partial charge is 0.369 e. The molecule has 2 aromatic carbocycles. The van der Waals surface area contributed by atoms with Gasteiger partial charge in [-0.3, -0.25) is 9.48 Å². The lowest BCUT2D eigenvalue weighted by Gasteiger charge is -2.36. The molecule has 0 atom stereocenters. The van der Waals surface area contributed by atoms with Gasteiger partial charge in [0.15, 0.2) is 0 Å². The Balaban J connectivity index is 1.55. The molecular formula is C24H28BrN5O3S. The summed E-state index contributed by atoms with van der Waals surface area (Å²) in [5, 5.41) is 6.83. The van der Waals surface area contributed by atoms with Crippen molar-refractivity contribution < 1.29 is 13.2 Å². The van der Waals surface area contributed by atoms with Gasteiger partial charge in [-0.2, -0.15) is 9.40 Å². The number of sulfonamides is 1. The van der Waals surface area contributed by atoms with Crippen LogP contribution in [0.4, 0.5) is 11.4 Å². The third-order valence-electron chi connectivity index (χ3n) is 6.14. The topological polar surface area (TPSA) is 87.5 Å². The van der Waals surface area contributed by atoms with E-state index in [9.17, 15) is 13.2 Å². The van der Waals surface area contributed by atoms with E-state index in [0.29, 0.717) is 38.4 Å². The number of carbonyl (C=O) groups is 1. The van der Waals surface area contributed by atoms with Gasteiger partial charge in [0.05, 0.1) is 5.56 Å². The van der Waals surface area contributed by atoms with Crippen molar-refractivity contribution in [2.75, 3.05) is 36.4 Å². The molecule has 1 N–H and O–H groups in total. The van der Waals surface area contributed by atoms with Crippen LogP contribution in [0.15, 0.2) is 58.2 Å². The third kappa shape index (κ3) is 4.89. The molecule has 1 aliphatic rings. The molecule has 4 rings (SSSR count). The number of nitrogens with zero attached hydrogens (tertiary/aromatic N) is 4. The van der Waals surface area contributed by atoms with Crippen LogP contribution < -0.4 is 10.2 Å². The maximum atomic E-state index is 13.5. The lowest BCUT2D eigenvalue weighted by Crippen LogP contribution is -2.49. The van der Waals surface area contributed by atoms with Gasteiger partial charge < -0.3 is 10.2 Å². The summed E-state index contributed by atoms with van der Waals surface area (Å²) in [5.41, 5.74) is 4.15. The molecule has 1 aliphatic heterocycles. The van der Waals surface area contributed by atoms with Gasteiger partial charge in [-0.25, -0.2) is 8.42 Å². The summed E-state index contributed by atoms with van der Waals surface area (Å²) in [6.45, 7) is 8.24. The van der Waals surface area contributed by atoms with Crippen LogP contribution in [0.25, 0.3) is 0 Å². The summed E-state index contributed by atoms with van der Waals surface area (Å²) in [7, 11) is -3.94. The molecule has 34 heavy (non-hydrogen) atoms. The minimum atomic E-state index is -3.94. The van der Waals surface area contributed by atoms with Gasteiger partial charge in [0, 0.05) is 54.8 Å². The molecule has 2 heterocycles. The van der Waals surface area contributed by atoms with Crippen molar-refractivity contribution in [1.82, 2.24) is 14.1 Å². The second kappa shape index (κ2) is 9.89. The summed E-state index contributed by atoms with van der Waals surface area (Å²) in [6, 6.07) is 13.3. The zero-order valence-electron chi connectivity index (χ0n) is 19.5. The standard InChI is InChI=1S/C24H28BrN5O3S/c1-4-29-16-21(23(31)26-20-10-8-19(25)9-11-20)24(27-29)34(32,33)30-14-12-28(13-15-30)22-7-5-6-17(2)18(22)3/h5-11,16H,4,12-15H2,1-3H3,(H,26,31). The van der Waals surface area contributed by atoms with E-state index in [1.165, 1.54) is 26.3 Å². The van der Waals surface area contributed by atoms with Crippen molar-refractivity contribution in [2.24, 2.45) is 0 Å². The lowest BCUT2D eigenvalue weighted by molar-refractivity contribution is 0.102. The Morgan fingerprint density at radius 2 is 1.74 bits per heavy atom. The molecule has 0 aliphatic carbocycles. The molecule has 0 spiro atoms. The number of aromatic nitrogens is 2. The third-order valence-corrected chi connectivity index (χ3v) is 8.50. The summed E-state index contributed by atoms with van der Waals surface area (Å²) >= 11 is 3.36. The fraction of sp³-hybridized carbons (Fsp3) is 0.333. The van der Waals surface area contributed by atoms with Crippen LogP contribution in [-0.4, -0.2) is 54.6 Å². The van der Waals surface area contributed by atoms with Gasteiger partial charge in [-0.05, 0) is 62.2 Å². The second-order valence-corrected chi connectivity index (χ2v) is 11.0. The first kappa shape index (κ1) is 24.4. The number of anilines is 2. The van der Waals surface area contributed by atoms with Gasteiger partial charge in [0.25, 0.3) is 15.9 Å². The highest BCUT2D eigenvalue weighted by atomic mass is 79.9. The van der Waals surface area contributed by atoms with Crippen LogP contribution in [0, 0.1) is 13.8 Å². The first-order chi connectivity index (χ1) is 16.2. The zero-order valence-corrected chi connectivity index (χ0v) is 21.9. The van der Waals surface area contributed by atoms with E-state index in [0.717, 1.165) is 10.2 Å². The van der Waals surface area contributed by atoms with Gasteiger partial charge >= 0.3 is 0 Å². The number of benzene rings is 2. The molecule has 0 saturated carbocycles. The van der Waals surface area contributed by atoms with E-state index in [1.807, 2.05) is 13.0 Å². The normalized spacial score (nSPS) is 14.9. The fourth-order valence-electron chi connectivity index (χ4n) is 4.01. The Morgan fingerprint density at radius 3 is 2.38 bits per heavy atom. The molecule has 180 valence electrons. The SMILES string of the molecule is CCn1cc(C(=O)Nc2ccc(Br)cc2)c(S(=O)(=O)N2CCN(c3cccc(C)c3C)CC2)n1. The van der Waals surface area contributed by atoms with E-state index >= 15 is 0 Å². The molecule has 0 unspecified atom stereocenters. The van der Waals surface area contributed by atoms with Gasteiger partial charge in [-0.1, -0.05) is 28.1 Å². The minimum Gasteiger partial charge on any atom is -0.369 e. The predicted molar refractivity (Wildman–Crippen MR) is 137 cm³/mol. The quantitative estimate of drug-likeness (QED) is 0.504. The molecule has 1 aromatic heterocycles. The molecule has 0 bridgehead atoms. The van der Waals surface area contributed by atoms with Gasteiger partial charge in [0.1, 0.15) is 0 Å². The van der Waals surface area contributed by atoms with Crippen LogP contribution in [-0.2, 0) is 16.6 Å². The second-order valence-electron chi connectivity index (χ2n) is 8.27. The van der Waals surface area contributed by atoms with Crippen LogP contribution in [0.5, 0.6) is 0 Å². The molecule has 0 radical (unpaired) electrons. The number of amides is 1. The van der Waals surface area contributed by atoms with E-state index < -0.39 is 15.9 Å². The number of rotatable bonds is 6. The smallest absolute Gasteiger partial charge is 0.263 e. The lowest BCUT2D eigenvalue weighted by atomic mass is 10.1. The highest BCUT2D eigenvalue weighted by Gasteiger charge is 2.35. The Morgan fingerprint density at radius 1 is 1.06 bits per heavy atom. The van der Waals surface area contributed by atoms with E-state index in [4.69, 9.17) is 0 Å².